The zero-order valence-electron chi connectivity index (χ0n) is 52.4. The highest BCUT2D eigenvalue weighted by Crippen LogP contribution is 2.36. The van der Waals surface area contributed by atoms with Crippen LogP contribution in [-0.4, -0.2) is 120 Å². The lowest BCUT2D eigenvalue weighted by Crippen LogP contribution is -2.66. The lowest BCUT2D eigenvalue weighted by molar-refractivity contribution is -0.407. The second kappa shape index (κ2) is 32.0. The molecule has 2 aliphatic rings. The van der Waals surface area contributed by atoms with Crippen LogP contribution >= 0.6 is 35.9 Å². The van der Waals surface area contributed by atoms with Crippen molar-refractivity contribution in [1.82, 2.24) is 34.8 Å². The molecular formula is C65H66ClF6N12O9S2+. The molecule has 0 aliphatic carbocycles. The van der Waals surface area contributed by atoms with Gasteiger partial charge in [-0.2, -0.15) is 4.99 Å². The average Bonchev–Trinajstić information content (AvgIpc) is 1.77. The Morgan fingerprint density at radius 3 is 1.44 bits per heavy atom. The van der Waals surface area contributed by atoms with Crippen LogP contribution in [-0.2, 0) is 41.5 Å². The number of anilines is 2. The van der Waals surface area contributed by atoms with E-state index in [0.717, 1.165) is 50.8 Å². The van der Waals surface area contributed by atoms with Crippen molar-refractivity contribution in [3.63, 3.8) is 0 Å². The molecule has 10 rings (SSSR count). The van der Waals surface area contributed by atoms with Crippen LogP contribution in [0.25, 0.3) is 34.2 Å². The molecule has 2 unspecified atom stereocenters. The highest BCUT2D eigenvalue weighted by Gasteiger charge is 2.35. The van der Waals surface area contributed by atoms with Crippen LogP contribution in [0.15, 0.2) is 151 Å². The highest BCUT2D eigenvalue weighted by molar-refractivity contribution is 8.15. The fourth-order valence-corrected chi connectivity index (χ4v) is 11.1. The molecule has 21 nitrogen and oxygen atoms in total. The van der Waals surface area contributed by atoms with Gasteiger partial charge in [0.2, 0.25) is 11.8 Å². The predicted octanol–water partition coefficient (Wildman–Crippen LogP) is 11.9. The van der Waals surface area contributed by atoms with Crippen molar-refractivity contribution < 1.29 is 75.0 Å². The van der Waals surface area contributed by atoms with Crippen molar-refractivity contribution in [2.45, 2.75) is 91.0 Å². The minimum absolute atomic E-state index is 0. The number of hydrogen-bond acceptors (Lipinski definition) is 16. The number of halogens is 7. The van der Waals surface area contributed by atoms with Gasteiger partial charge in [-0.3, -0.25) is 24.8 Å². The largest absolute Gasteiger partial charge is 0.573 e. The summed E-state index contributed by atoms with van der Waals surface area (Å²) in [5, 5.41) is 19.8. The molecule has 4 heterocycles. The third-order valence-electron chi connectivity index (χ3n) is 14.2. The van der Waals surface area contributed by atoms with Crippen molar-refractivity contribution in [3.8, 4) is 45.6 Å². The number of esters is 2. The number of aryl methyl sites for hydroxylation is 2. The normalized spacial score (nSPS) is 14.2. The van der Waals surface area contributed by atoms with Gasteiger partial charge in [0, 0.05) is 24.0 Å². The maximum absolute atomic E-state index is 13.1. The number of nitrogens with zero attached hydrogens (tertiary/aromatic N) is 9. The van der Waals surface area contributed by atoms with E-state index >= 15 is 0 Å². The summed E-state index contributed by atoms with van der Waals surface area (Å²) in [6.07, 6.45) is -6.11. The van der Waals surface area contributed by atoms with Crippen LogP contribution in [0.5, 0.6) is 11.5 Å². The summed E-state index contributed by atoms with van der Waals surface area (Å²) >= 11 is 2.44. The Balaban J connectivity index is 0.000000228. The topological polar surface area (TPSA) is 266 Å². The number of hydrogen-bond donors (Lipinski definition) is 3. The molecule has 0 saturated carbocycles. The molecule has 5 N–H and O–H groups in total. The molecule has 0 radical (unpaired) electrons. The molecule has 2 aliphatic heterocycles. The van der Waals surface area contributed by atoms with Crippen LogP contribution in [0.3, 0.4) is 0 Å². The minimum atomic E-state index is -4.79. The number of nitrogens with one attached hydrogen (secondary N) is 2. The Morgan fingerprint density at radius 1 is 0.611 bits per heavy atom. The monoisotopic (exact) mass is 1370 g/mol. The van der Waals surface area contributed by atoms with E-state index in [1.165, 1.54) is 106 Å². The van der Waals surface area contributed by atoms with Gasteiger partial charge in [0.25, 0.3) is 0 Å². The van der Waals surface area contributed by atoms with Gasteiger partial charge in [0.15, 0.2) is 28.0 Å². The summed E-state index contributed by atoms with van der Waals surface area (Å²) in [6.45, 7) is 12.2. The second-order valence-electron chi connectivity index (χ2n) is 21.8. The molecular weight excluding hydrogens is 1310 g/mol. The minimum Gasteiger partial charge on any atom is -0.467 e. The summed E-state index contributed by atoms with van der Waals surface area (Å²) in [5.41, 5.74) is 13.5. The molecule has 500 valence electrons. The first-order valence-corrected chi connectivity index (χ1v) is 30.9. The van der Waals surface area contributed by atoms with Crippen LogP contribution in [0.4, 0.5) is 42.5 Å². The molecule has 2 aromatic heterocycles. The Hall–Kier alpha value is -9.58. The smallest absolute Gasteiger partial charge is 0.467 e. The molecule has 2 saturated heterocycles. The number of carbonyl (C=O) groups excluding carboxylic acids is 5. The van der Waals surface area contributed by atoms with E-state index in [0.29, 0.717) is 63.1 Å². The van der Waals surface area contributed by atoms with E-state index in [1.807, 2.05) is 76.2 Å². The van der Waals surface area contributed by atoms with Gasteiger partial charge in [-0.1, -0.05) is 124 Å². The maximum atomic E-state index is 13.1. The van der Waals surface area contributed by atoms with Gasteiger partial charge < -0.3 is 30.0 Å². The van der Waals surface area contributed by atoms with Gasteiger partial charge in [-0.05, 0) is 120 Å². The Bertz CT molecular complexity index is 4040. The maximum Gasteiger partial charge on any atom is 0.573 e. The van der Waals surface area contributed by atoms with Gasteiger partial charge in [-0.25, -0.2) is 33.7 Å². The number of carbonyl (C=O) groups is 5. The zero-order chi connectivity index (χ0) is 68.2. The van der Waals surface area contributed by atoms with Crippen molar-refractivity contribution in [3.05, 3.63) is 179 Å². The quantitative estimate of drug-likeness (QED) is 0.0565. The van der Waals surface area contributed by atoms with Gasteiger partial charge in [0.1, 0.15) is 30.2 Å². The summed E-state index contributed by atoms with van der Waals surface area (Å²) in [7, 11) is 2.54. The standard InChI is InChI=1S/C33H31F3N6O5S.C19H17F3N4O3.C13H16N2OS.ClH/c1-19(2)25-14-5-20(3)15-27(25)42-28(43)17-48-32(42)39-31(45)38-26(30(44)46-4)16-21-6-8-22(9-7-21)29-37-18-41(40-29)23-10-12-24(13-11-23)47-33(34,35)36;1-28-18(27)16(23)10-12-2-4-13(5-3-12)17-24-11-26(25-17)14-6-8-15(9-7-14)29-19(20,21)22;1-8(2)10-5-4-9(3)6-11(10)15-12(16)7-17-13(15)14;/h5-15,18-19,26H,16-17H2,1-4H3,(H,38,45);2-9,11,16H,10,23H2,1H3;4-6,8,14H,7H2,1-3H3;1H/p+1. The summed E-state index contributed by atoms with van der Waals surface area (Å²) in [5.74, 6) is -0.127. The van der Waals surface area contributed by atoms with Crippen molar-refractivity contribution >= 4 is 87.4 Å². The Kier molecular flexibility index (Phi) is 24.6. The number of amidine groups is 2. The molecule has 0 bridgehead atoms. The fourth-order valence-electron chi connectivity index (χ4n) is 9.56. The number of aromatic nitrogens is 6. The number of methoxy groups -OCH3 is 2. The fraction of sp³-hybridized carbons (Fsp3) is 0.277. The molecule has 4 amide bonds. The van der Waals surface area contributed by atoms with Crippen LogP contribution in [0.1, 0.15) is 72.9 Å². The van der Waals surface area contributed by atoms with Crippen LogP contribution in [0.2, 0.25) is 0 Å². The Morgan fingerprint density at radius 2 is 1.03 bits per heavy atom. The first-order chi connectivity index (χ1) is 44.6. The molecule has 2 atom stereocenters. The lowest BCUT2D eigenvalue weighted by Gasteiger charge is -2.22. The zero-order valence-corrected chi connectivity index (χ0v) is 54.8. The number of amides is 4. The van der Waals surface area contributed by atoms with Crippen LogP contribution in [0, 0.1) is 19.3 Å². The van der Waals surface area contributed by atoms with Gasteiger partial charge in [-0.15, -0.1) is 48.9 Å². The predicted molar refractivity (Wildman–Crippen MR) is 350 cm³/mol. The number of quaternary nitrogens is 1. The van der Waals surface area contributed by atoms with E-state index in [2.05, 4.69) is 76.4 Å². The Labute approximate surface area is 556 Å². The van der Waals surface area contributed by atoms with E-state index < -0.39 is 36.8 Å². The molecule has 95 heavy (non-hydrogen) atoms. The molecule has 2 fully saturated rings. The van der Waals surface area contributed by atoms with Crippen molar-refractivity contribution in [2.24, 2.45) is 4.99 Å². The number of ether oxygens (including phenoxy) is 4. The molecule has 8 aromatic rings. The lowest BCUT2D eigenvalue weighted by atomic mass is 9.99. The number of alkyl halides is 6. The molecule has 6 aromatic carbocycles. The van der Waals surface area contributed by atoms with Gasteiger partial charge >= 0.3 is 30.7 Å². The summed E-state index contributed by atoms with van der Waals surface area (Å²) < 4.78 is 94.3. The number of benzene rings is 6. The highest BCUT2D eigenvalue weighted by atomic mass is 35.5. The average molecular weight is 1370 g/mol. The van der Waals surface area contributed by atoms with Crippen molar-refractivity contribution in [1.29, 1.82) is 5.41 Å². The first kappa shape index (κ1) is 72.8. The second-order valence-corrected chi connectivity index (χ2v) is 23.7. The third-order valence-corrected chi connectivity index (χ3v) is 15.9. The number of thioether (sulfide) groups is 2. The number of aliphatic imine (C=N–C) groups is 1. The first-order valence-electron chi connectivity index (χ1n) is 28.9. The third kappa shape index (κ3) is 19.7. The number of urea groups is 1. The van der Waals surface area contributed by atoms with Crippen molar-refractivity contribution in [2.75, 3.05) is 35.5 Å². The van der Waals surface area contributed by atoms with E-state index in [4.69, 9.17) is 10.1 Å². The van der Waals surface area contributed by atoms with E-state index in [9.17, 15) is 50.3 Å². The summed E-state index contributed by atoms with van der Waals surface area (Å²) in [6, 6.07) is 34.3. The van der Waals surface area contributed by atoms with E-state index in [1.54, 1.807) is 24.3 Å². The SMILES string of the molecule is COC(=O)C(Cc1ccc(-c2ncn(-c3ccc(OC(F)(F)F)cc3)n2)cc1)NC(=O)N=C1SCC(=O)N1c1cc(C)ccc1C(C)C.COC(=O)C([NH3+])Cc1ccc(-c2ncn(-c3ccc(OC(F)(F)F)cc3)n2)cc1.Cc1ccc(C(C)C)c(N2C(=N)SCC2=O)c1.Cl. The van der Waals surface area contributed by atoms with Gasteiger partial charge in [0.05, 0.1) is 48.5 Å². The van der Waals surface area contributed by atoms with Crippen LogP contribution < -0.4 is 30.3 Å². The summed E-state index contributed by atoms with van der Waals surface area (Å²) in [4.78, 5) is 77.6. The van der Waals surface area contributed by atoms with E-state index in [-0.39, 0.29) is 64.9 Å². The molecule has 0 spiro atoms. The molecule has 30 heteroatoms. The number of rotatable bonds is 17.